The molecule has 130 valence electrons. The zero-order valence-corrected chi connectivity index (χ0v) is 14.8. The molecule has 7 nitrogen and oxygen atoms in total. The molecule has 0 unspecified atom stereocenters. The predicted octanol–water partition coefficient (Wildman–Crippen LogP) is 3.24. The van der Waals surface area contributed by atoms with E-state index < -0.39 is 0 Å². The first-order valence-corrected chi connectivity index (χ1v) is 8.23. The molecule has 1 N–H and O–H groups in total. The lowest BCUT2D eigenvalue weighted by atomic mass is 10.1. The van der Waals surface area contributed by atoms with Gasteiger partial charge in [-0.15, -0.1) is 0 Å². The summed E-state index contributed by atoms with van der Waals surface area (Å²) in [5, 5.41) is 13.2. The summed E-state index contributed by atoms with van der Waals surface area (Å²) >= 11 is 0. The first kappa shape index (κ1) is 16.0. The lowest BCUT2D eigenvalue weighted by molar-refractivity contribution is -0.116. The van der Waals surface area contributed by atoms with Gasteiger partial charge in [-0.25, -0.2) is 0 Å². The van der Waals surface area contributed by atoms with Crippen LogP contribution in [-0.2, 0) is 11.8 Å². The number of aryl methyl sites for hydroxylation is 1. The molecular weight excluding hydrogens is 328 g/mol. The number of anilines is 3. The topological polar surface area (TPSA) is 75.9 Å². The average Bonchev–Trinajstić information content (AvgIpc) is 3.02. The van der Waals surface area contributed by atoms with Crippen LogP contribution in [0, 0.1) is 0 Å². The van der Waals surface area contributed by atoms with Gasteiger partial charge in [0.25, 0.3) is 0 Å². The Morgan fingerprint density at radius 3 is 2.50 bits per heavy atom. The lowest BCUT2D eigenvalue weighted by Gasteiger charge is -2.16. The highest BCUT2D eigenvalue weighted by molar-refractivity contribution is 6.09. The SMILES string of the molecule is CC(=O)N(C)c1ccc(Nc2ccnc3ccc4nn(C)nc4c23)cc1. The summed E-state index contributed by atoms with van der Waals surface area (Å²) in [5.41, 5.74) is 5.17. The van der Waals surface area contributed by atoms with E-state index in [0.717, 1.165) is 39.0 Å². The number of nitrogens with one attached hydrogen (secondary N) is 1. The zero-order valence-electron chi connectivity index (χ0n) is 14.8. The third-order valence-electron chi connectivity index (χ3n) is 4.36. The molecule has 0 aliphatic rings. The number of pyridine rings is 1. The minimum absolute atomic E-state index is 0.00381. The van der Waals surface area contributed by atoms with Crippen LogP contribution in [0.2, 0.25) is 0 Å². The highest BCUT2D eigenvalue weighted by Crippen LogP contribution is 2.30. The molecule has 26 heavy (non-hydrogen) atoms. The van der Waals surface area contributed by atoms with Gasteiger partial charge in [0.1, 0.15) is 11.0 Å². The van der Waals surface area contributed by atoms with E-state index in [4.69, 9.17) is 0 Å². The highest BCUT2D eigenvalue weighted by Gasteiger charge is 2.11. The molecule has 4 rings (SSSR count). The minimum Gasteiger partial charge on any atom is -0.355 e. The molecule has 0 saturated carbocycles. The van der Waals surface area contributed by atoms with Crippen LogP contribution in [0.25, 0.3) is 21.9 Å². The van der Waals surface area contributed by atoms with Crippen LogP contribution in [0.4, 0.5) is 17.1 Å². The number of amides is 1. The Bertz CT molecular complexity index is 1120. The van der Waals surface area contributed by atoms with Crippen molar-refractivity contribution in [1.82, 2.24) is 20.0 Å². The molecule has 4 aromatic rings. The van der Waals surface area contributed by atoms with Crippen molar-refractivity contribution in [2.75, 3.05) is 17.3 Å². The number of carbonyl (C=O) groups is 1. The standard InChI is InChI=1S/C19H18N6O/c1-12(26)24(2)14-6-4-13(5-7-14)21-16-10-11-20-15-8-9-17-19(18(15)16)23-25(3)22-17/h4-11H,1-3H3,(H,20,21). The van der Waals surface area contributed by atoms with Gasteiger partial charge in [-0.1, -0.05) is 0 Å². The van der Waals surface area contributed by atoms with Gasteiger partial charge in [-0.3, -0.25) is 9.78 Å². The Morgan fingerprint density at radius 2 is 1.77 bits per heavy atom. The van der Waals surface area contributed by atoms with E-state index in [1.54, 1.807) is 36.9 Å². The van der Waals surface area contributed by atoms with Gasteiger partial charge in [0.05, 0.1) is 16.6 Å². The van der Waals surface area contributed by atoms with E-state index in [9.17, 15) is 4.79 Å². The summed E-state index contributed by atoms with van der Waals surface area (Å²) in [6.07, 6.45) is 1.77. The quantitative estimate of drug-likeness (QED) is 0.616. The smallest absolute Gasteiger partial charge is 0.223 e. The second-order valence-electron chi connectivity index (χ2n) is 6.13. The van der Waals surface area contributed by atoms with Gasteiger partial charge in [-0.2, -0.15) is 15.0 Å². The van der Waals surface area contributed by atoms with Crippen LogP contribution in [0.1, 0.15) is 6.92 Å². The number of nitrogens with zero attached hydrogens (tertiary/aromatic N) is 5. The predicted molar refractivity (Wildman–Crippen MR) is 103 cm³/mol. The fourth-order valence-corrected chi connectivity index (χ4v) is 2.93. The Kier molecular flexibility index (Phi) is 3.76. The van der Waals surface area contributed by atoms with E-state index in [1.807, 2.05) is 42.5 Å². The maximum Gasteiger partial charge on any atom is 0.223 e. The molecule has 0 bridgehead atoms. The van der Waals surface area contributed by atoms with E-state index in [1.165, 1.54) is 0 Å². The third kappa shape index (κ3) is 2.73. The number of aromatic nitrogens is 4. The van der Waals surface area contributed by atoms with Crippen molar-refractivity contribution >= 4 is 44.9 Å². The molecule has 2 aromatic heterocycles. The zero-order chi connectivity index (χ0) is 18.3. The summed E-state index contributed by atoms with van der Waals surface area (Å²) in [7, 11) is 3.56. The molecule has 2 aromatic carbocycles. The summed E-state index contributed by atoms with van der Waals surface area (Å²) in [6, 6.07) is 13.5. The number of hydrogen-bond acceptors (Lipinski definition) is 5. The minimum atomic E-state index is -0.00381. The molecule has 7 heteroatoms. The van der Waals surface area contributed by atoms with Crippen LogP contribution >= 0.6 is 0 Å². The van der Waals surface area contributed by atoms with Crippen LogP contribution in [-0.4, -0.2) is 32.9 Å². The van der Waals surface area contributed by atoms with Crippen LogP contribution in [0.5, 0.6) is 0 Å². The fraction of sp³-hybridized carbons (Fsp3) is 0.158. The summed E-state index contributed by atoms with van der Waals surface area (Å²) in [5.74, 6) is -0.00381. The second-order valence-corrected chi connectivity index (χ2v) is 6.13. The first-order chi connectivity index (χ1) is 12.5. The van der Waals surface area contributed by atoms with Gasteiger partial charge in [0.2, 0.25) is 5.91 Å². The molecule has 0 radical (unpaired) electrons. The van der Waals surface area contributed by atoms with E-state index in [0.29, 0.717) is 0 Å². The van der Waals surface area contributed by atoms with Crippen molar-refractivity contribution in [2.45, 2.75) is 6.92 Å². The number of rotatable bonds is 3. The molecule has 1 amide bonds. The molecule has 0 spiro atoms. The fourth-order valence-electron chi connectivity index (χ4n) is 2.93. The van der Waals surface area contributed by atoms with Gasteiger partial charge < -0.3 is 10.2 Å². The highest BCUT2D eigenvalue weighted by atomic mass is 16.2. The summed E-state index contributed by atoms with van der Waals surface area (Å²) < 4.78 is 0. The van der Waals surface area contributed by atoms with Gasteiger partial charge in [0.15, 0.2) is 0 Å². The van der Waals surface area contributed by atoms with Gasteiger partial charge in [0, 0.05) is 38.6 Å². The monoisotopic (exact) mass is 346 g/mol. The summed E-state index contributed by atoms with van der Waals surface area (Å²) in [4.78, 5) is 19.1. The lowest BCUT2D eigenvalue weighted by Crippen LogP contribution is -2.22. The third-order valence-corrected chi connectivity index (χ3v) is 4.36. The maximum absolute atomic E-state index is 11.5. The van der Waals surface area contributed by atoms with Crippen molar-refractivity contribution in [3.05, 3.63) is 48.7 Å². The molecular formula is C19H18N6O. The van der Waals surface area contributed by atoms with Crippen molar-refractivity contribution in [1.29, 1.82) is 0 Å². The van der Waals surface area contributed by atoms with Crippen LogP contribution in [0.15, 0.2) is 48.7 Å². The molecule has 0 saturated heterocycles. The Labute approximate surface area is 150 Å². The second kappa shape index (κ2) is 6.11. The van der Waals surface area contributed by atoms with Crippen molar-refractivity contribution in [3.63, 3.8) is 0 Å². The Morgan fingerprint density at radius 1 is 1.04 bits per heavy atom. The summed E-state index contributed by atoms with van der Waals surface area (Å²) in [6.45, 7) is 1.54. The molecule has 0 aliphatic heterocycles. The number of carbonyl (C=O) groups excluding carboxylic acids is 1. The van der Waals surface area contributed by atoms with Gasteiger partial charge >= 0.3 is 0 Å². The largest absolute Gasteiger partial charge is 0.355 e. The van der Waals surface area contributed by atoms with Crippen LogP contribution < -0.4 is 10.2 Å². The maximum atomic E-state index is 11.5. The van der Waals surface area contributed by atoms with Crippen molar-refractivity contribution in [3.8, 4) is 0 Å². The average molecular weight is 346 g/mol. The molecule has 0 aliphatic carbocycles. The normalized spacial score (nSPS) is 11.0. The van der Waals surface area contributed by atoms with E-state index >= 15 is 0 Å². The van der Waals surface area contributed by atoms with Crippen LogP contribution in [0.3, 0.4) is 0 Å². The molecule has 2 heterocycles. The molecule has 0 fully saturated rings. The molecule has 0 atom stereocenters. The number of benzene rings is 2. The number of fused-ring (bicyclic) bond motifs is 3. The Hall–Kier alpha value is -3.48. The van der Waals surface area contributed by atoms with E-state index in [-0.39, 0.29) is 5.91 Å². The van der Waals surface area contributed by atoms with Gasteiger partial charge in [-0.05, 0) is 42.5 Å². The van der Waals surface area contributed by atoms with Crippen molar-refractivity contribution < 1.29 is 4.79 Å². The van der Waals surface area contributed by atoms with E-state index in [2.05, 4.69) is 20.5 Å². The Balaban J connectivity index is 1.75. The first-order valence-electron chi connectivity index (χ1n) is 8.23. The van der Waals surface area contributed by atoms with Crippen molar-refractivity contribution in [2.24, 2.45) is 7.05 Å². The number of hydrogen-bond donors (Lipinski definition) is 1.